The van der Waals surface area contributed by atoms with Crippen LogP contribution in [0.3, 0.4) is 0 Å². The summed E-state index contributed by atoms with van der Waals surface area (Å²) in [5.74, 6) is 2.37. The highest BCUT2D eigenvalue weighted by Gasteiger charge is 2.12. The third-order valence-corrected chi connectivity index (χ3v) is 4.55. The molecule has 0 fully saturated rings. The van der Waals surface area contributed by atoms with E-state index < -0.39 is 0 Å². The fraction of sp³-hybridized carbons (Fsp3) is 0.227. The minimum absolute atomic E-state index is 0.183. The van der Waals surface area contributed by atoms with Gasteiger partial charge < -0.3 is 23.9 Å². The van der Waals surface area contributed by atoms with Crippen LogP contribution in [0.4, 0.5) is 0 Å². The molecule has 0 aliphatic rings. The van der Waals surface area contributed by atoms with E-state index in [1.807, 2.05) is 30.3 Å². The van der Waals surface area contributed by atoms with Crippen molar-refractivity contribution in [2.24, 2.45) is 0 Å². The van der Waals surface area contributed by atoms with Gasteiger partial charge in [0.2, 0.25) is 0 Å². The van der Waals surface area contributed by atoms with Crippen molar-refractivity contribution in [3.63, 3.8) is 0 Å². The van der Waals surface area contributed by atoms with Gasteiger partial charge in [-0.25, -0.2) is 0 Å². The summed E-state index contributed by atoms with van der Waals surface area (Å²) in [6, 6.07) is 16.2. The predicted octanol–water partition coefficient (Wildman–Crippen LogP) is 4.50. The number of amides is 1. The van der Waals surface area contributed by atoms with E-state index in [1.165, 1.54) is 0 Å². The monoisotopic (exact) mass is 415 g/mol. The highest BCUT2D eigenvalue weighted by atomic mass is 35.5. The number of halogens is 1. The molecule has 152 valence electrons. The second-order valence-corrected chi connectivity index (χ2v) is 6.59. The molecule has 0 aliphatic carbocycles. The molecule has 1 amide bonds. The molecule has 2 aromatic carbocycles. The van der Waals surface area contributed by atoms with E-state index in [0.29, 0.717) is 41.0 Å². The molecule has 0 atom stereocenters. The molecule has 0 saturated heterocycles. The lowest BCUT2D eigenvalue weighted by atomic mass is 10.1. The molecule has 0 spiro atoms. The molecule has 7 heteroatoms. The van der Waals surface area contributed by atoms with Crippen LogP contribution in [-0.4, -0.2) is 26.7 Å². The van der Waals surface area contributed by atoms with E-state index in [9.17, 15) is 4.79 Å². The molecule has 0 aliphatic heterocycles. The van der Waals surface area contributed by atoms with Crippen molar-refractivity contribution in [1.29, 1.82) is 0 Å². The number of methoxy groups -OCH3 is 2. The van der Waals surface area contributed by atoms with Crippen molar-refractivity contribution < 1.29 is 23.4 Å². The fourth-order valence-electron chi connectivity index (χ4n) is 2.73. The van der Waals surface area contributed by atoms with E-state index >= 15 is 0 Å². The number of nitrogens with one attached hydrogen (secondary N) is 1. The summed E-state index contributed by atoms with van der Waals surface area (Å²) in [5.41, 5.74) is 1.02. The maximum atomic E-state index is 12.3. The first-order valence-electron chi connectivity index (χ1n) is 9.06. The average molecular weight is 416 g/mol. The molecule has 0 saturated carbocycles. The number of benzene rings is 2. The molecule has 1 N–H and O–H groups in total. The number of furan rings is 1. The summed E-state index contributed by atoms with van der Waals surface area (Å²) >= 11 is 6.06. The third kappa shape index (κ3) is 5.45. The Labute approximate surface area is 174 Å². The van der Waals surface area contributed by atoms with Crippen molar-refractivity contribution in [1.82, 2.24) is 5.32 Å². The maximum absolute atomic E-state index is 12.3. The largest absolute Gasteiger partial charge is 0.493 e. The van der Waals surface area contributed by atoms with Gasteiger partial charge in [0, 0.05) is 6.54 Å². The molecule has 0 radical (unpaired) electrons. The van der Waals surface area contributed by atoms with Crippen LogP contribution in [0, 0.1) is 0 Å². The first kappa shape index (κ1) is 20.6. The van der Waals surface area contributed by atoms with Gasteiger partial charge in [0.15, 0.2) is 17.3 Å². The van der Waals surface area contributed by atoms with Gasteiger partial charge in [0.05, 0.1) is 19.2 Å². The van der Waals surface area contributed by atoms with Crippen LogP contribution in [0.25, 0.3) is 0 Å². The number of carbonyl (C=O) groups excluding carboxylic acids is 1. The number of rotatable bonds is 9. The van der Waals surface area contributed by atoms with Crippen LogP contribution in [0.15, 0.2) is 59.0 Å². The van der Waals surface area contributed by atoms with E-state index in [-0.39, 0.29) is 18.3 Å². The van der Waals surface area contributed by atoms with Crippen LogP contribution < -0.4 is 19.5 Å². The highest BCUT2D eigenvalue weighted by molar-refractivity contribution is 6.32. The molecule has 6 nitrogen and oxygen atoms in total. The van der Waals surface area contributed by atoms with Gasteiger partial charge in [0.1, 0.15) is 18.1 Å². The van der Waals surface area contributed by atoms with Crippen molar-refractivity contribution >= 4 is 17.5 Å². The zero-order valence-electron chi connectivity index (χ0n) is 16.2. The summed E-state index contributed by atoms with van der Waals surface area (Å²) in [5, 5.41) is 3.36. The van der Waals surface area contributed by atoms with E-state index in [2.05, 4.69) is 5.32 Å². The lowest BCUT2D eigenvalue weighted by Crippen LogP contribution is -2.25. The van der Waals surface area contributed by atoms with Gasteiger partial charge in [-0.2, -0.15) is 0 Å². The minimum atomic E-state index is -0.283. The van der Waals surface area contributed by atoms with Crippen LogP contribution >= 0.6 is 11.6 Å². The SMILES string of the molecule is COc1ccc(CCNC(=O)c2ccc(COc3ccccc3Cl)o2)cc1OC. The standard InChI is InChI=1S/C22H22ClNO5/c1-26-19-9-7-15(13-21(19)27-2)11-12-24-22(25)20-10-8-16(29-20)14-28-18-6-4-3-5-17(18)23/h3-10,13H,11-12,14H2,1-2H3,(H,24,25). The Bertz CT molecular complexity index is 969. The Hall–Kier alpha value is -3.12. The van der Waals surface area contributed by atoms with Crippen LogP contribution in [0.1, 0.15) is 21.9 Å². The lowest BCUT2D eigenvalue weighted by Gasteiger charge is -2.10. The Morgan fingerprint density at radius 3 is 2.55 bits per heavy atom. The fourth-order valence-corrected chi connectivity index (χ4v) is 2.92. The van der Waals surface area contributed by atoms with Gasteiger partial charge in [0.25, 0.3) is 5.91 Å². The molecule has 29 heavy (non-hydrogen) atoms. The zero-order valence-corrected chi connectivity index (χ0v) is 17.0. The van der Waals surface area contributed by atoms with Crippen LogP contribution in [0.2, 0.25) is 5.02 Å². The Morgan fingerprint density at radius 2 is 1.79 bits per heavy atom. The number of ether oxygens (including phenoxy) is 3. The Balaban J connectivity index is 1.49. The van der Waals surface area contributed by atoms with Gasteiger partial charge in [-0.05, 0) is 48.4 Å². The second kappa shape index (κ2) is 9.89. The summed E-state index contributed by atoms with van der Waals surface area (Å²) < 4.78 is 21.7. The third-order valence-electron chi connectivity index (χ3n) is 4.24. The van der Waals surface area contributed by atoms with Crippen LogP contribution in [-0.2, 0) is 13.0 Å². The first-order chi connectivity index (χ1) is 14.1. The highest BCUT2D eigenvalue weighted by Crippen LogP contribution is 2.27. The summed E-state index contributed by atoms with van der Waals surface area (Å²) in [7, 11) is 3.18. The molecule has 3 aromatic rings. The van der Waals surface area contributed by atoms with Crippen molar-refractivity contribution in [2.45, 2.75) is 13.0 Å². The van der Waals surface area contributed by atoms with Gasteiger partial charge in [-0.1, -0.05) is 29.8 Å². The molecule has 3 rings (SSSR count). The van der Waals surface area contributed by atoms with Crippen molar-refractivity contribution in [3.8, 4) is 17.2 Å². The number of carbonyl (C=O) groups is 1. The van der Waals surface area contributed by atoms with Gasteiger partial charge in [-0.15, -0.1) is 0 Å². The Morgan fingerprint density at radius 1 is 1.00 bits per heavy atom. The quantitative estimate of drug-likeness (QED) is 0.557. The van der Waals surface area contributed by atoms with E-state index in [0.717, 1.165) is 5.56 Å². The Kier molecular flexibility index (Phi) is 7.03. The lowest BCUT2D eigenvalue weighted by molar-refractivity contribution is 0.0922. The molecule has 1 aromatic heterocycles. The van der Waals surface area contributed by atoms with E-state index in [4.69, 9.17) is 30.2 Å². The van der Waals surface area contributed by atoms with Gasteiger partial charge >= 0.3 is 0 Å². The van der Waals surface area contributed by atoms with Crippen LogP contribution in [0.5, 0.6) is 17.2 Å². The van der Waals surface area contributed by atoms with Crippen molar-refractivity contribution in [2.75, 3.05) is 20.8 Å². The van der Waals surface area contributed by atoms with Gasteiger partial charge in [-0.3, -0.25) is 4.79 Å². The predicted molar refractivity (Wildman–Crippen MR) is 110 cm³/mol. The zero-order chi connectivity index (χ0) is 20.6. The summed E-state index contributed by atoms with van der Waals surface area (Å²) in [6.07, 6.45) is 0.648. The smallest absolute Gasteiger partial charge is 0.287 e. The molecule has 1 heterocycles. The first-order valence-corrected chi connectivity index (χ1v) is 9.43. The number of hydrogen-bond acceptors (Lipinski definition) is 5. The van der Waals surface area contributed by atoms with E-state index in [1.54, 1.807) is 38.5 Å². The second-order valence-electron chi connectivity index (χ2n) is 6.18. The summed E-state index contributed by atoms with van der Waals surface area (Å²) in [6.45, 7) is 0.642. The normalized spacial score (nSPS) is 10.4. The molecule has 0 unspecified atom stereocenters. The molecular formula is C22H22ClNO5. The average Bonchev–Trinajstić information content (AvgIpc) is 3.22. The number of para-hydroxylation sites is 1. The maximum Gasteiger partial charge on any atom is 0.287 e. The minimum Gasteiger partial charge on any atom is -0.493 e. The summed E-state index contributed by atoms with van der Waals surface area (Å²) in [4.78, 5) is 12.3. The number of hydrogen-bond donors (Lipinski definition) is 1. The molecular weight excluding hydrogens is 394 g/mol. The topological polar surface area (TPSA) is 69.9 Å². The van der Waals surface area contributed by atoms with Crippen molar-refractivity contribution in [3.05, 3.63) is 76.7 Å². The molecule has 0 bridgehead atoms.